The molecule has 0 saturated carbocycles. The third kappa shape index (κ3) is 7.81. The zero-order valence-electron chi connectivity index (χ0n) is 21.2. The van der Waals surface area contributed by atoms with Crippen molar-refractivity contribution in [2.45, 2.75) is 39.8 Å². The van der Waals surface area contributed by atoms with E-state index in [-0.39, 0.29) is 17.0 Å². The maximum Gasteiger partial charge on any atom is 0.419 e. The molecule has 0 fully saturated rings. The Morgan fingerprint density at radius 1 is 1.16 bits per heavy atom. The van der Waals surface area contributed by atoms with Gasteiger partial charge in [0, 0.05) is 54.4 Å². The molecule has 0 radical (unpaired) electrons. The van der Waals surface area contributed by atoms with Gasteiger partial charge in [-0.2, -0.15) is 0 Å². The van der Waals surface area contributed by atoms with Crippen LogP contribution >= 0.6 is 11.6 Å². The van der Waals surface area contributed by atoms with E-state index in [4.69, 9.17) is 16.7 Å². The van der Waals surface area contributed by atoms with Gasteiger partial charge in [0.25, 0.3) is 0 Å². The molecule has 3 N–H and O–H groups in total. The van der Waals surface area contributed by atoms with Crippen LogP contribution in [0.3, 0.4) is 0 Å². The number of aromatic nitrogens is 1. The van der Waals surface area contributed by atoms with Crippen molar-refractivity contribution in [3.05, 3.63) is 95.4 Å². The number of hydrogen-bond donors (Lipinski definition) is 3. The average Bonchev–Trinajstić information content (AvgIpc) is 3.22. The number of hydrogen-bond acceptors (Lipinski definition) is 3. The molecule has 1 amide bonds. The normalized spacial score (nSPS) is 12.6. The summed E-state index contributed by atoms with van der Waals surface area (Å²) < 4.78 is 30.9. The molecule has 1 atom stereocenters. The van der Waals surface area contributed by atoms with Crippen molar-refractivity contribution in [1.29, 1.82) is 0 Å². The van der Waals surface area contributed by atoms with Crippen LogP contribution in [-0.4, -0.2) is 33.8 Å². The number of nitrogens with one attached hydrogen (secondary N) is 2. The fourth-order valence-electron chi connectivity index (χ4n) is 4.50. The van der Waals surface area contributed by atoms with E-state index in [2.05, 4.69) is 41.1 Å². The Bertz CT molecular complexity index is 1210. The van der Waals surface area contributed by atoms with E-state index < -0.39 is 17.7 Å². The summed E-state index contributed by atoms with van der Waals surface area (Å²) in [5.41, 5.74) is 8.74. The summed E-state index contributed by atoms with van der Waals surface area (Å²) in [4.78, 5) is 12.8. The number of benzene rings is 2. The van der Waals surface area contributed by atoms with Crippen molar-refractivity contribution in [3.8, 4) is 11.1 Å². The molecular formula is C28H33ClF2N4O2. The van der Waals surface area contributed by atoms with Gasteiger partial charge in [-0.1, -0.05) is 62.7 Å². The number of nitrogens with zero attached hydrogens (tertiary/aromatic N) is 2. The van der Waals surface area contributed by atoms with Gasteiger partial charge in [-0.25, -0.2) is 19.0 Å². The van der Waals surface area contributed by atoms with Crippen LogP contribution in [0.25, 0.3) is 11.1 Å². The molecule has 0 bridgehead atoms. The first-order valence-electron chi connectivity index (χ1n) is 12.0. The molecule has 0 spiro atoms. The maximum atomic E-state index is 14.8. The average molecular weight is 531 g/mol. The van der Waals surface area contributed by atoms with Gasteiger partial charge in [0.15, 0.2) is 0 Å². The predicted octanol–water partition coefficient (Wildman–Crippen LogP) is 6.74. The standard InChI is InChI=1S/C28H33ClF2N4O2/c1-28(2,3)26(34(15-12-29)14-7-13-32-33-27(36)37)25-16-21(23-17-22(30)10-11-24(23)31)19-35(25)18-20-8-5-4-6-9-20/h4-6,8-12,15-17,19,26,32-33H,7,13-14,18H2,1-3H3,(H,36,37)/t26-/m0/s1. The number of halogens is 3. The van der Waals surface area contributed by atoms with Crippen molar-refractivity contribution in [2.75, 3.05) is 13.1 Å². The lowest BCUT2D eigenvalue weighted by Crippen LogP contribution is -2.39. The molecule has 37 heavy (non-hydrogen) atoms. The number of amides is 1. The van der Waals surface area contributed by atoms with Gasteiger partial charge in [0.1, 0.15) is 11.6 Å². The first-order chi connectivity index (χ1) is 17.6. The molecule has 3 aromatic rings. The van der Waals surface area contributed by atoms with Crippen LogP contribution in [0.5, 0.6) is 0 Å². The first kappa shape index (κ1) is 28.2. The van der Waals surface area contributed by atoms with E-state index in [9.17, 15) is 13.6 Å². The van der Waals surface area contributed by atoms with Crippen LogP contribution in [-0.2, 0) is 6.54 Å². The number of carbonyl (C=O) groups is 1. The van der Waals surface area contributed by atoms with Crippen LogP contribution in [0.15, 0.2) is 72.5 Å². The van der Waals surface area contributed by atoms with Crippen molar-refractivity contribution in [3.63, 3.8) is 0 Å². The zero-order valence-corrected chi connectivity index (χ0v) is 22.0. The van der Waals surface area contributed by atoms with Gasteiger partial charge in [-0.15, -0.1) is 0 Å². The van der Waals surface area contributed by atoms with Gasteiger partial charge in [-0.3, -0.25) is 5.43 Å². The molecule has 0 aliphatic carbocycles. The Labute approximate surface area is 221 Å². The molecule has 0 saturated heterocycles. The molecule has 9 heteroatoms. The van der Waals surface area contributed by atoms with E-state index >= 15 is 0 Å². The molecule has 1 heterocycles. The molecule has 0 aliphatic heterocycles. The second kappa shape index (κ2) is 12.7. The fraction of sp³-hybridized carbons (Fsp3) is 0.321. The molecule has 6 nitrogen and oxygen atoms in total. The van der Waals surface area contributed by atoms with Gasteiger partial charge >= 0.3 is 6.09 Å². The Morgan fingerprint density at radius 3 is 2.54 bits per heavy atom. The van der Waals surface area contributed by atoms with E-state index in [1.54, 1.807) is 6.20 Å². The minimum absolute atomic E-state index is 0.191. The molecule has 198 valence electrons. The summed E-state index contributed by atoms with van der Waals surface area (Å²) in [6.45, 7) is 7.86. The van der Waals surface area contributed by atoms with Crippen molar-refractivity contribution in [1.82, 2.24) is 20.3 Å². The predicted molar refractivity (Wildman–Crippen MR) is 143 cm³/mol. The Balaban J connectivity index is 2.05. The number of carboxylic acid groups (broad SMARTS) is 1. The highest BCUT2D eigenvalue weighted by Crippen LogP contribution is 2.41. The van der Waals surface area contributed by atoms with Gasteiger partial charge in [0.2, 0.25) is 0 Å². The van der Waals surface area contributed by atoms with Crippen LogP contribution in [0.4, 0.5) is 13.6 Å². The van der Waals surface area contributed by atoms with E-state index in [0.29, 0.717) is 31.6 Å². The Morgan fingerprint density at radius 2 is 1.89 bits per heavy atom. The summed E-state index contributed by atoms with van der Waals surface area (Å²) in [6.07, 6.45) is 3.13. The summed E-state index contributed by atoms with van der Waals surface area (Å²) in [5.74, 6) is -0.998. The van der Waals surface area contributed by atoms with Crippen LogP contribution < -0.4 is 10.9 Å². The molecule has 0 unspecified atom stereocenters. The lowest BCUT2D eigenvalue weighted by Gasteiger charge is -2.40. The first-order valence-corrected chi connectivity index (χ1v) is 12.5. The van der Waals surface area contributed by atoms with Crippen molar-refractivity contribution >= 4 is 17.7 Å². The third-order valence-electron chi connectivity index (χ3n) is 5.96. The molecule has 1 aromatic heterocycles. The quantitative estimate of drug-likeness (QED) is 0.189. The summed E-state index contributed by atoms with van der Waals surface area (Å²) >= 11 is 6.04. The molecular weight excluding hydrogens is 498 g/mol. The van der Waals surface area contributed by atoms with Crippen LogP contribution in [0.1, 0.15) is 44.5 Å². The molecule has 3 rings (SSSR count). The summed E-state index contributed by atoms with van der Waals surface area (Å²) in [7, 11) is 0. The zero-order chi connectivity index (χ0) is 27.0. The third-order valence-corrected chi connectivity index (χ3v) is 6.07. The lowest BCUT2D eigenvalue weighted by atomic mass is 9.83. The second-order valence-electron chi connectivity index (χ2n) is 9.88. The lowest BCUT2D eigenvalue weighted by molar-refractivity contribution is 0.138. The number of rotatable bonds is 11. The molecule has 2 aromatic carbocycles. The monoisotopic (exact) mass is 530 g/mol. The van der Waals surface area contributed by atoms with E-state index in [1.165, 1.54) is 11.6 Å². The maximum absolute atomic E-state index is 14.8. The fourth-order valence-corrected chi connectivity index (χ4v) is 4.65. The minimum Gasteiger partial charge on any atom is -0.464 e. The summed E-state index contributed by atoms with van der Waals surface area (Å²) in [6, 6.07) is 15.1. The topological polar surface area (TPSA) is 69.5 Å². The SMILES string of the molecule is CC(C)(C)[C@H](c1cc(-c2cc(F)ccc2F)cn1Cc1ccccc1)N(C=CCl)CCCNNC(=O)O. The van der Waals surface area contributed by atoms with E-state index in [0.717, 1.165) is 23.4 Å². The largest absolute Gasteiger partial charge is 0.464 e. The van der Waals surface area contributed by atoms with E-state index in [1.807, 2.05) is 42.6 Å². The van der Waals surface area contributed by atoms with Crippen molar-refractivity contribution < 1.29 is 18.7 Å². The highest BCUT2D eigenvalue weighted by molar-refractivity contribution is 6.25. The molecule has 0 aliphatic rings. The van der Waals surface area contributed by atoms with Crippen LogP contribution in [0, 0.1) is 17.0 Å². The second-order valence-corrected chi connectivity index (χ2v) is 10.1. The van der Waals surface area contributed by atoms with Gasteiger partial charge < -0.3 is 14.6 Å². The van der Waals surface area contributed by atoms with Crippen LogP contribution in [0.2, 0.25) is 0 Å². The van der Waals surface area contributed by atoms with Crippen molar-refractivity contribution in [2.24, 2.45) is 5.41 Å². The van der Waals surface area contributed by atoms with Gasteiger partial charge in [-0.05, 0) is 41.7 Å². The minimum atomic E-state index is -1.15. The smallest absolute Gasteiger partial charge is 0.419 e. The highest BCUT2D eigenvalue weighted by atomic mass is 35.5. The Hall–Kier alpha value is -3.36. The Kier molecular flexibility index (Phi) is 9.72. The summed E-state index contributed by atoms with van der Waals surface area (Å²) in [5, 5.41) is 8.77. The van der Waals surface area contributed by atoms with Gasteiger partial charge in [0.05, 0.1) is 6.04 Å². The highest BCUT2D eigenvalue weighted by Gasteiger charge is 2.33. The number of hydrazine groups is 1.